The van der Waals surface area contributed by atoms with Crippen LogP contribution in [0.1, 0.15) is 45.6 Å². The first-order valence-corrected chi connectivity index (χ1v) is 7.97. The third-order valence-corrected chi connectivity index (χ3v) is 4.98. The molecule has 1 atom stereocenters. The molecule has 0 bridgehead atoms. The van der Waals surface area contributed by atoms with Gasteiger partial charge in [-0.15, -0.1) is 0 Å². The third-order valence-electron chi connectivity index (χ3n) is 4.98. The van der Waals surface area contributed by atoms with Crippen LogP contribution in [0.15, 0.2) is 18.2 Å². The topological polar surface area (TPSA) is 15.3 Å². The molecule has 2 rings (SSSR count). The van der Waals surface area contributed by atoms with Crippen molar-refractivity contribution in [2.24, 2.45) is 0 Å². The average Bonchev–Trinajstić information content (AvgIpc) is 2.51. The normalized spacial score (nSPS) is 22.4. The Morgan fingerprint density at radius 2 is 1.81 bits per heavy atom. The van der Waals surface area contributed by atoms with Crippen LogP contribution in [0, 0.1) is 11.6 Å². The summed E-state index contributed by atoms with van der Waals surface area (Å²) >= 11 is 0. The van der Waals surface area contributed by atoms with Gasteiger partial charge in [-0.2, -0.15) is 0 Å². The number of hydrogen-bond acceptors (Lipinski definition) is 2. The zero-order valence-corrected chi connectivity index (χ0v) is 13.3. The summed E-state index contributed by atoms with van der Waals surface area (Å²) in [6.07, 6.45) is 3.03. The molecule has 1 saturated heterocycles. The lowest BCUT2D eigenvalue weighted by atomic mass is 9.88. The average molecular weight is 296 g/mol. The molecule has 0 amide bonds. The monoisotopic (exact) mass is 296 g/mol. The molecule has 1 aromatic carbocycles. The van der Waals surface area contributed by atoms with Gasteiger partial charge in [0.2, 0.25) is 0 Å². The van der Waals surface area contributed by atoms with Gasteiger partial charge in [-0.1, -0.05) is 26.8 Å². The predicted octanol–water partition coefficient (Wildman–Crippen LogP) is 3.71. The third kappa shape index (κ3) is 3.43. The molecule has 0 aromatic heterocycles. The molecule has 118 valence electrons. The van der Waals surface area contributed by atoms with Gasteiger partial charge in [0.05, 0.1) is 0 Å². The summed E-state index contributed by atoms with van der Waals surface area (Å²) in [4.78, 5) is 2.24. The van der Waals surface area contributed by atoms with Crippen molar-refractivity contribution in [3.8, 4) is 0 Å². The van der Waals surface area contributed by atoms with Crippen molar-refractivity contribution in [1.82, 2.24) is 10.2 Å². The Kier molecular flexibility index (Phi) is 5.33. The number of hydrogen-bond donors (Lipinski definition) is 1. The Balaban J connectivity index is 2.22. The van der Waals surface area contributed by atoms with Gasteiger partial charge in [-0.05, 0) is 31.4 Å². The van der Waals surface area contributed by atoms with E-state index >= 15 is 0 Å². The lowest BCUT2D eigenvalue weighted by molar-refractivity contribution is 0.0625. The SMILES string of the molecule is CCC1CNC(CC)(CC)CN1Cc1c(F)cccc1F. The van der Waals surface area contributed by atoms with Crippen LogP contribution in [0.4, 0.5) is 8.78 Å². The van der Waals surface area contributed by atoms with E-state index in [1.54, 1.807) is 0 Å². The van der Waals surface area contributed by atoms with E-state index < -0.39 is 11.6 Å². The molecule has 1 aliphatic rings. The van der Waals surface area contributed by atoms with Gasteiger partial charge in [-0.3, -0.25) is 4.90 Å². The number of rotatable bonds is 5. The minimum absolute atomic E-state index is 0.0629. The predicted molar refractivity (Wildman–Crippen MR) is 82.2 cm³/mol. The van der Waals surface area contributed by atoms with E-state index in [0.29, 0.717) is 12.6 Å². The molecule has 0 spiro atoms. The van der Waals surface area contributed by atoms with E-state index in [0.717, 1.165) is 32.4 Å². The van der Waals surface area contributed by atoms with Gasteiger partial charge in [-0.25, -0.2) is 8.78 Å². The van der Waals surface area contributed by atoms with Crippen LogP contribution in [0.5, 0.6) is 0 Å². The molecule has 1 aliphatic heterocycles. The molecule has 0 saturated carbocycles. The molecule has 0 aliphatic carbocycles. The van der Waals surface area contributed by atoms with Crippen LogP contribution in [0.25, 0.3) is 0 Å². The van der Waals surface area contributed by atoms with Crippen LogP contribution in [-0.2, 0) is 6.54 Å². The lowest BCUT2D eigenvalue weighted by Gasteiger charge is -2.47. The minimum atomic E-state index is -0.443. The Morgan fingerprint density at radius 3 is 2.33 bits per heavy atom. The van der Waals surface area contributed by atoms with Crippen molar-refractivity contribution < 1.29 is 8.78 Å². The van der Waals surface area contributed by atoms with Gasteiger partial charge in [0, 0.05) is 36.8 Å². The molecule has 1 aromatic rings. The number of nitrogens with zero attached hydrogens (tertiary/aromatic N) is 1. The number of piperazine rings is 1. The zero-order valence-electron chi connectivity index (χ0n) is 13.3. The second-order valence-corrected chi connectivity index (χ2v) is 6.04. The molecule has 1 N–H and O–H groups in total. The maximum Gasteiger partial charge on any atom is 0.130 e. The summed E-state index contributed by atoms with van der Waals surface area (Å²) in [5.41, 5.74) is 0.256. The van der Waals surface area contributed by atoms with Gasteiger partial charge in [0.25, 0.3) is 0 Å². The zero-order chi connectivity index (χ0) is 15.5. The maximum absolute atomic E-state index is 13.9. The first kappa shape index (κ1) is 16.4. The van der Waals surface area contributed by atoms with Crippen molar-refractivity contribution in [2.75, 3.05) is 13.1 Å². The van der Waals surface area contributed by atoms with Crippen LogP contribution >= 0.6 is 0 Å². The second-order valence-electron chi connectivity index (χ2n) is 6.04. The standard InChI is InChI=1S/C17H26F2N2/c1-4-13-10-20-17(5-2,6-3)12-21(13)11-14-15(18)8-7-9-16(14)19/h7-9,13,20H,4-6,10-12H2,1-3H3. The Bertz CT molecular complexity index is 452. The fourth-order valence-corrected chi connectivity index (χ4v) is 3.23. The van der Waals surface area contributed by atoms with Crippen molar-refractivity contribution in [1.29, 1.82) is 0 Å². The highest BCUT2D eigenvalue weighted by molar-refractivity contribution is 5.20. The van der Waals surface area contributed by atoms with Crippen molar-refractivity contribution in [3.05, 3.63) is 35.4 Å². The molecule has 1 fully saturated rings. The highest BCUT2D eigenvalue weighted by Gasteiger charge is 2.36. The summed E-state index contributed by atoms with van der Waals surface area (Å²) < 4.78 is 27.8. The molecular weight excluding hydrogens is 270 g/mol. The maximum atomic E-state index is 13.9. The molecule has 4 heteroatoms. The largest absolute Gasteiger partial charge is 0.308 e. The summed E-state index contributed by atoms with van der Waals surface area (Å²) in [5.74, 6) is -0.885. The first-order chi connectivity index (χ1) is 10.0. The van der Waals surface area contributed by atoms with Crippen LogP contribution in [0.3, 0.4) is 0 Å². The smallest absolute Gasteiger partial charge is 0.130 e. The Hall–Kier alpha value is -1.00. The summed E-state index contributed by atoms with van der Waals surface area (Å²) in [5, 5.41) is 3.65. The van der Waals surface area contributed by atoms with E-state index in [1.165, 1.54) is 18.2 Å². The van der Waals surface area contributed by atoms with E-state index in [9.17, 15) is 8.78 Å². The molecule has 2 nitrogen and oxygen atoms in total. The highest BCUT2D eigenvalue weighted by atomic mass is 19.1. The van der Waals surface area contributed by atoms with Gasteiger partial charge < -0.3 is 5.32 Å². The second kappa shape index (κ2) is 6.84. The fraction of sp³-hybridized carbons (Fsp3) is 0.647. The van der Waals surface area contributed by atoms with E-state index in [-0.39, 0.29) is 11.1 Å². The molecule has 21 heavy (non-hydrogen) atoms. The van der Waals surface area contributed by atoms with Crippen molar-refractivity contribution in [2.45, 2.75) is 58.2 Å². The number of benzene rings is 1. The van der Waals surface area contributed by atoms with E-state index in [2.05, 4.69) is 31.0 Å². The quantitative estimate of drug-likeness (QED) is 0.891. The van der Waals surface area contributed by atoms with E-state index in [4.69, 9.17) is 0 Å². The summed E-state index contributed by atoms with van der Waals surface area (Å²) in [7, 11) is 0. The lowest BCUT2D eigenvalue weighted by Crippen LogP contribution is -2.63. The first-order valence-electron chi connectivity index (χ1n) is 7.97. The van der Waals surface area contributed by atoms with Crippen molar-refractivity contribution in [3.63, 3.8) is 0 Å². The van der Waals surface area contributed by atoms with Gasteiger partial charge in [0.1, 0.15) is 11.6 Å². The van der Waals surface area contributed by atoms with Crippen LogP contribution in [-0.4, -0.2) is 29.6 Å². The number of nitrogens with one attached hydrogen (secondary N) is 1. The molecular formula is C17H26F2N2. The van der Waals surface area contributed by atoms with Gasteiger partial charge in [0.15, 0.2) is 0 Å². The minimum Gasteiger partial charge on any atom is -0.308 e. The summed E-state index contributed by atoms with van der Waals surface area (Å²) in [6.45, 7) is 8.54. The molecule has 0 radical (unpaired) electrons. The van der Waals surface area contributed by atoms with Gasteiger partial charge >= 0.3 is 0 Å². The Morgan fingerprint density at radius 1 is 1.19 bits per heavy atom. The fourth-order valence-electron chi connectivity index (χ4n) is 3.23. The Labute approximate surface area is 126 Å². The summed E-state index contributed by atoms with van der Waals surface area (Å²) in [6, 6.07) is 4.43. The van der Waals surface area contributed by atoms with Crippen molar-refractivity contribution >= 4 is 0 Å². The highest BCUT2D eigenvalue weighted by Crippen LogP contribution is 2.26. The van der Waals surface area contributed by atoms with Crippen LogP contribution in [0.2, 0.25) is 0 Å². The molecule has 1 unspecified atom stereocenters. The number of halogens is 2. The molecule has 1 heterocycles. The van der Waals surface area contributed by atoms with Crippen LogP contribution < -0.4 is 5.32 Å². The van der Waals surface area contributed by atoms with E-state index in [1.807, 2.05) is 0 Å².